The molecule has 5 heteroatoms. The summed E-state index contributed by atoms with van der Waals surface area (Å²) in [6.45, 7) is 1.47. The second-order valence-electron chi connectivity index (χ2n) is 4.19. The molecule has 1 aromatic rings. The fraction of sp³-hybridized carbons (Fsp3) is 0.545. The molecule has 0 radical (unpaired) electrons. The largest absolute Gasteiger partial charge is 0.390 e. The van der Waals surface area contributed by atoms with Crippen LogP contribution in [0.3, 0.4) is 0 Å². The van der Waals surface area contributed by atoms with E-state index in [9.17, 15) is 4.79 Å². The Balaban J connectivity index is 2.35. The average molecular weight is 240 g/mol. The number of nitrogens with two attached hydrogens (primary N) is 1. The van der Waals surface area contributed by atoms with Gasteiger partial charge in [-0.25, -0.2) is 0 Å². The van der Waals surface area contributed by atoms with Crippen LogP contribution >= 0.6 is 11.3 Å². The van der Waals surface area contributed by atoms with Crippen molar-refractivity contribution in [3.63, 3.8) is 0 Å². The molecule has 16 heavy (non-hydrogen) atoms. The highest BCUT2D eigenvalue weighted by atomic mass is 32.1. The summed E-state index contributed by atoms with van der Waals surface area (Å²) in [5.41, 5.74) is 7.60. The van der Waals surface area contributed by atoms with Crippen LogP contribution in [0, 0.1) is 0 Å². The van der Waals surface area contributed by atoms with Crippen molar-refractivity contribution in [3.05, 3.63) is 16.5 Å². The van der Waals surface area contributed by atoms with Gasteiger partial charge in [0.25, 0.3) is 5.91 Å². The zero-order valence-electron chi connectivity index (χ0n) is 9.53. The van der Waals surface area contributed by atoms with Crippen molar-refractivity contribution < 1.29 is 9.53 Å². The van der Waals surface area contributed by atoms with Gasteiger partial charge in [-0.3, -0.25) is 4.79 Å². The minimum atomic E-state index is -0.0133. The van der Waals surface area contributed by atoms with Gasteiger partial charge in [0.15, 0.2) is 0 Å². The van der Waals surface area contributed by atoms with E-state index in [1.807, 2.05) is 5.38 Å². The van der Waals surface area contributed by atoms with Crippen LogP contribution in [0.15, 0.2) is 5.38 Å². The number of carbonyl (C=O) groups excluding carboxylic acids is 1. The van der Waals surface area contributed by atoms with E-state index in [1.165, 1.54) is 11.3 Å². The van der Waals surface area contributed by atoms with E-state index in [-0.39, 0.29) is 5.91 Å². The minimum absolute atomic E-state index is 0.0133. The molecule has 0 aliphatic carbocycles. The summed E-state index contributed by atoms with van der Waals surface area (Å²) in [5, 5.41) is 2.60. The summed E-state index contributed by atoms with van der Waals surface area (Å²) in [6.07, 6.45) is 0.976. The number of nitrogens with zero attached hydrogens (tertiary/aromatic N) is 1. The summed E-state index contributed by atoms with van der Waals surface area (Å²) in [6, 6.07) is 0. The van der Waals surface area contributed by atoms with Gasteiger partial charge in [0.1, 0.15) is 0 Å². The van der Waals surface area contributed by atoms with E-state index >= 15 is 0 Å². The lowest BCUT2D eigenvalue weighted by atomic mass is 9.96. The van der Waals surface area contributed by atoms with Crippen LogP contribution in [0.25, 0.3) is 0 Å². The van der Waals surface area contributed by atoms with Gasteiger partial charge in [0.2, 0.25) is 0 Å². The molecule has 1 aliphatic rings. The number of hydrogen-bond donors (Lipinski definition) is 1. The molecule has 0 spiro atoms. The molecule has 0 aromatic carbocycles. The second kappa shape index (κ2) is 4.43. The molecule has 1 aliphatic heterocycles. The number of amides is 1. The highest BCUT2D eigenvalue weighted by molar-refractivity contribution is 7.14. The van der Waals surface area contributed by atoms with Crippen LogP contribution in [0.4, 0.5) is 5.00 Å². The smallest absolute Gasteiger partial charge is 0.256 e. The Morgan fingerprint density at radius 2 is 2.38 bits per heavy atom. The zero-order chi connectivity index (χ0) is 11.7. The van der Waals surface area contributed by atoms with Gasteiger partial charge in [0.05, 0.1) is 17.2 Å². The van der Waals surface area contributed by atoms with Gasteiger partial charge >= 0.3 is 0 Å². The first-order valence-electron chi connectivity index (χ1n) is 5.27. The highest BCUT2D eigenvalue weighted by Gasteiger charge is 2.27. The Hall–Kier alpha value is -1.07. The standard InChI is InChI=1S/C11H16N2O2S/c1-13(2)11(14)9-8(6-16-10(9)12)7-3-4-15-5-7/h6-7H,3-5,12H2,1-2H3. The van der Waals surface area contributed by atoms with E-state index in [2.05, 4.69) is 0 Å². The van der Waals surface area contributed by atoms with Crippen molar-refractivity contribution in [1.82, 2.24) is 4.90 Å². The van der Waals surface area contributed by atoms with Crippen molar-refractivity contribution in [1.29, 1.82) is 0 Å². The van der Waals surface area contributed by atoms with Crippen LogP contribution in [0.5, 0.6) is 0 Å². The van der Waals surface area contributed by atoms with Crippen molar-refractivity contribution in [2.45, 2.75) is 12.3 Å². The van der Waals surface area contributed by atoms with Crippen molar-refractivity contribution in [2.75, 3.05) is 33.0 Å². The number of ether oxygens (including phenoxy) is 1. The van der Waals surface area contributed by atoms with Crippen molar-refractivity contribution in [3.8, 4) is 0 Å². The lowest BCUT2D eigenvalue weighted by Gasteiger charge is -2.14. The molecule has 1 atom stereocenters. The van der Waals surface area contributed by atoms with Crippen LogP contribution in [-0.2, 0) is 4.74 Å². The molecule has 2 N–H and O–H groups in total. The summed E-state index contributed by atoms with van der Waals surface area (Å²) in [5.74, 6) is 0.313. The molecule has 1 amide bonds. The predicted molar refractivity (Wildman–Crippen MR) is 64.9 cm³/mol. The van der Waals surface area contributed by atoms with E-state index in [0.29, 0.717) is 23.1 Å². The Labute approximate surface area is 99.0 Å². The topological polar surface area (TPSA) is 55.6 Å². The lowest BCUT2D eigenvalue weighted by Crippen LogP contribution is -2.23. The molecule has 2 rings (SSSR count). The molecule has 1 fully saturated rings. The molecule has 4 nitrogen and oxygen atoms in total. The molecule has 0 bridgehead atoms. The van der Waals surface area contributed by atoms with Gasteiger partial charge in [-0.1, -0.05) is 0 Å². The Kier molecular flexibility index (Phi) is 3.16. The quantitative estimate of drug-likeness (QED) is 0.853. The number of thiophene rings is 1. The predicted octanol–water partition coefficient (Wildman–Crippen LogP) is 1.54. The number of rotatable bonds is 2. The van der Waals surface area contributed by atoms with E-state index in [0.717, 1.165) is 18.6 Å². The monoisotopic (exact) mass is 240 g/mol. The molecule has 1 unspecified atom stereocenters. The molecule has 1 saturated heterocycles. The Morgan fingerprint density at radius 3 is 2.94 bits per heavy atom. The summed E-state index contributed by atoms with van der Waals surface area (Å²) in [7, 11) is 3.49. The third-order valence-electron chi connectivity index (χ3n) is 2.84. The number of nitrogen functional groups attached to an aromatic ring is 1. The minimum Gasteiger partial charge on any atom is -0.390 e. The lowest BCUT2D eigenvalue weighted by molar-refractivity contribution is 0.0827. The molecule has 88 valence electrons. The van der Waals surface area contributed by atoms with Crippen LogP contribution in [0.1, 0.15) is 28.3 Å². The molecule has 2 heterocycles. The van der Waals surface area contributed by atoms with Crippen LogP contribution < -0.4 is 5.73 Å². The first-order valence-corrected chi connectivity index (χ1v) is 6.15. The van der Waals surface area contributed by atoms with Gasteiger partial charge in [0, 0.05) is 26.6 Å². The third-order valence-corrected chi connectivity index (χ3v) is 3.67. The van der Waals surface area contributed by atoms with E-state index < -0.39 is 0 Å². The number of carbonyl (C=O) groups is 1. The van der Waals surface area contributed by atoms with E-state index in [1.54, 1.807) is 19.0 Å². The SMILES string of the molecule is CN(C)C(=O)c1c(C2CCOC2)csc1N. The van der Waals surface area contributed by atoms with Gasteiger partial charge in [-0.15, -0.1) is 11.3 Å². The third kappa shape index (κ3) is 1.92. The normalized spacial score (nSPS) is 20.0. The van der Waals surface area contributed by atoms with Crippen LogP contribution in [-0.4, -0.2) is 38.1 Å². The van der Waals surface area contributed by atoms with Gasteiger partial charge in [-0.2, -0.15) is 0 Å². The second-order valence-corrected chi connectivity index (χ2v) is 5.10. The summed E-state index contributed by atoms with van der Waals surface area (Å²) >= 11 is 1.44. The number of hydrogen-bond acceptors (Lipinski definition) is 4. The molecular weight excluding hydrogens is 224 g/mol. The first-order chi connectivity index (χ1) is 7.61. The summed E-state index contributed by atoms with van der Waals surface area (Å²) in [4.78, 5) is 13.6. The number of anilines is 1. The maximum absolute atomic E-state index is 12.0. The fourth-order valence-corrected chi connectivity index (χ4v) is 2.81. The summed E-state index contributed by atoms with van der Waals surface area (Å²) < 4.78 is 5.35. The fourth-order valence-electron chi connectivity index (χ4n) is 1.92. The zero-order valence-corrected chi connectivity index (χ0v) is 10.3. The molecule has 1 aromatic heterocycles. The molecule has 0 saturated carbocycles. The highest BCUT2D eigenvalue weighted by Crippen LogP contribution is 2.35. The first kappa shape index (κ1) is 11.4. The Morgan fingerprint density at radius 1 is 1.62 bits per heavy atom. The molecular formula is C11H16N2O2S. The maximum atomic E-state index is 12.0. The van der Waals surface area contributed by atoms with Gasteiger partial charge < -0.3 is 15.4 Å². The van der Waals surface area contributed by atoms with Gasteiger partial charge in [-0.05, 0) is 17.4 Å². The van der Waals surface area contributed by atoms with E-state index in [4.69, 9.17) is 10.5 Å². The Bertz CT molecular complexity index is 395. The van der Waals surface area contributed by atoms with Crippen molar-refractivity contribution in [2.24, 2.45) is 0 Å². The average Bonchev–Trinajstić information content (AvgIpc) is 2.84. The van der Waals surface area contributed by atoms with Crippen LogP contribution in [0.2, 0.25) is 0 Å². The van der Waals surface area contributed by atoms with Crippen molar-refractivity contribution >= 4 is 22.2 Å². The maximum Gasteiger partial charge on any atom is 0.256 e.